The number of benzene rings is 1. The van der Waals surface area contributed by atoms with E-state index >= 15 is 0 Å². The predicted molar refractivity (Wildman–Crippen MR) is 74.2 cm³/mol. The summed E-state index contributed by atoms with van der Waals surface area (Å²) in [5, 5.41) is 12.9. The second-order valence-corrected chi connectivity index (χ2v) is 5.59. The fraction of sp³-hybridized carbons (Fsp3) is 0.533. The minimum absolute atomic E-state index is 0.278. The molecule has 0 bridgehead atoms. The van der Waals surface area contributed by atoms with Gasteiger partial charge in [-0.1, -0.05) is 6.07 Å². The van der Waals surface area contributed by atoms with E-state index in [1.807, 2.05) is 38.1 Å². The van der Waals surface area contributed by atoms with Gasteiger partial charge in [0, 0.05) is 24.6 Å². The minimum Gasteiger partial charge on any atom is -0.497 e. The van der Waals surface area contributed by atoms with Crippen LogP contribution in [0.5, 0.6) is 5.75 Å². The summed E-state index contributed by atoms with van der Waals surface area (Å²) >= 11 is 0. The Bertz CT molecular complexity index is 493. The van der Waals surface area contributed by atoms with Crippen LogP contribution in [0.15, 0.2) is 24.3 Å². The molecule has 0 aromatic heterocycles. The molecule has 1 aromatic rings. The summed E-state index contributed by atoms with van der Waals surface area (Å²) in [5.41, 5.74) is 0.0483. The average Bonchev–Trinajstić information content (AvgIpc) is 2.38. The molecule has 102 valence electrons. The Hall–Kier alpha value is -1.73. The maximum Gasteiger partial charge on any atom is 0.130 e. The highest BCUT2D eigenvalue weighted by Gasteiger charge is 2.41. The van der Waals surface area contributed by atoms with Crippen molar-refractivity contribution >= 4 is 5.69 Å². The molecule has 4 heteroatoms. The third-order valence-corrected chi connectivity index (χ3v) is 3.42. The van der Waals surface area contributed by atoms with Crippen molar-refractivity contribution < 1.29 is 9.47 Å². The molecule has 0 saturated carbocycles. The van der Waals surface area contributed by atoms with Crippen LogP contribution < -0.4 is 10.1 Å². The number of hydrogen-bond donors (Lipinski definition) is 1. The van der Waals surface area contributed by atoms with Crippen LogP contribution in [0.1, 0.15) is 26.7 Å². The van der Waals surface area contributed by atoms with Crippen molar-refractivity contribution in [2.75, 3.05) is 19.0 Å². The molecule has 1 heterocycles. The highest BCUT2D eigenvalue weighted by molar-refractivity contribution is 5.52. The van der Waals surface area contributed by atoms with Gasteiger partial charge in [0.1, 0.15) is 11.3 Å². The van der Waals surface area contributed by atoms with Crippen LogP contribution in [0.4, 0.5) is 5.69 Å². The highest BCUT2D eigenvalue weighted by Crippen LogP contribution is 2.34. The maximum absolute atomic E-state index is 9.56. The molecule has 1 N–H and O–H groups in total. The normalized spacial score (nSPS) is 25.4. The van der Waals surface area contributed by atoms with E-state index in [0.717, 1.165) is 11.4 Å². The molecule has 0 aliphatic carbocycles. The van der Waals surface area contributed by atoms with Gasteiger partial charge in [0.15, 0.2) is 0 Å². The van der Waals surface area contributed by atoms with Gasteiger partial charge in [0.2, 0.25) is 0 Å². The zero-order valence-electron chi connectivity index (χ0n) is 11.7. The molecule has 1 atom stereocenters. The monoisotopic (exact) mass is 260 g/mol. The van der Waals surface area contributed by atoms with E-state index < -0.39 is 5.54 Å². The van der Waals surface area contributed by atoms with Crippen LogP contribution in [0.3, 0.4) is 0 Å². The number of hydrogen-bond acceptors (Lipinski definition) is 4. The standard InChI is InChI=1S/C15H20N2O2/c1-14(2)10-15(11-16,7-8-19-14)17-12-5-4-6-13(9-12)18-3/h4-6,9,17H,7-8,10H2,1-3H3. The van der Waals surface area contributed by atoms with E-state index in [-0.39, 0.29) is 5.60 Å². The van der Waals surface area contributed by atoms with E-state index in [4.69, 9.17) is 9.47 Å². The third kappa shape index (κ3) is 3.18. The zero-order chi connectivity index (χ0) is 13.9. The minimum atomic E-state index is -0.575. The summed E-state index contributed by atoms with van der Waals surface area (Å²) in [5.74, 6) is 0.782. The molecular weight excluding hydrogens is 240 g/mol. The molecule has 1 unspecified atom stereocenters. The number of rotatable bonds is 3. The first-order valence-electron chi connectivity index (χ1n) is 6.46. The molecule has 1 aromatic carbocycles. The summed E-state index contributed by atoms with van der Waals surface area (Å²) in [7, 11) is 1.64. The first-order chi connectivity index (χ1) is 8.99. The molecular formula is C15H20N2O2. The molecule has 1 aliphatic rings. The Balaban J connectivity index is 2.21. The Morgan fingerprint density at radius 2 is 2.21 bits per heavy atom. The van der Waals surface area contributed by atoms with E-state index in [1.54, 1.807) is 7.11 Å². The van der Waals surface area contributed by atoms with Crippen LogP contribution in [-0.4, -0.2) is 24.9 Å². The van der Waals surface area contributed by atoms with Crippen LogP contribution in [-0.2, 0) is 4.74 Å². The van der Waals surface area contributed by atoms with Crippen LogP contribution >= 0.6 is 0 Å². The predicted octanol–water partition coefficient (Wildman–Crippen LogP) is 2.96. The lowest BCUT2D eigenvalue weighted by molar-refractivity contribution is -0.0659. The van der Waals surface area contributed by atoms with Gasteiger partial charge in [0.25, 0.3) is 0 Å². The van der Waals surface area contributed by atoms with Crippen molar-refractivity contribution in [2.24, 2.45) is 0 Å². The second kappa shape index (κ2) is 5.10. The number of nitriles is 1. The summed E-state index contributed by atoms with van der Waals surface area (Å²) in [6.45, 7) is 4.63. The summed E-state index contributed by atoms with van der Waals surface area (Å²) in [4.78, 5) is 0. The van der Waals surface area contributed by atoms with Gasteiger partial charge in [-0.05, 0) is 26.0 Å². The van der Waals surface area contributed by atoms with Crippen molar-refractivity contribution in [3.8, 4) is 11.8 Å². The van der Waals surface area contributed by atoms with Crippen molar-refractivity contribution in [3.63, 3.8) is 0 Å². The van der Waals surface area contributed by atoms with Gasteiger partial charge in [-0.2, -0.15) is 5.26 Å². The molecule has 1 aliphatic heterocycles. The van der Waals surface area contributed by atoms with Crippen LogP contribution in [0, 0.1) is 11.3 Å². The van der Waals surface area contributed by atoms with Crippen molar-refractivity contribution in [2.45, 2.75) is 37.8 Å². The third-order valence-electron chi connectivity index (χ3n) is 3.42. The first-order valence-corrected chi connectivity index (χ1v) is 6.46. The lowest BCUT2D eigenvalue weighted by atomic mass is 9.82. The van der Waals surface area contributed by atoms with E-state index in [0.29, 0.717) is 19.4 Å². The molecule has 0 spiro atoms. The molecule has 0 radical (unpaired) electrons. The summed E-state index contributed by atoms with van der Waals surface area (Å²) in [6.07, 6.45) is 1.35. The maximum atomic E-state index is 9.56. The first kappa shape index (κ1) is 13.7. The molecule has 1 fully saturated rings. The SMILES string of the molecule is COc1cccc(NC2(C#N)CCOC(C)(C)C2)c1. The smallest absolute Gasteiger partial charge is 0.130 e. The van der Waals surface area contributed by atoms with Gasteiger partial charge >= 0.3 is 0 Å². The van der Waals surface area contributed by atoms with E-state index in [2.05, 4.69) is 11.4 Å². The van der Waals surface area contributed by atoms with E-state index in [9.17, 15) is 5.26 Å². The molecule has 1 saturated heterocycles. The van der Waals surface area contributed by atoms with Crippen LogP contribution in [0.25, 0.3) is 0 Å². The van der Waals surface area contributed by atoms with Crippen LogP contribution in [0.2, 0.25) is 0 Å². The number of nitrogens with zero attached hydrogens (tertiary/aromatic N) is 1. The van der Waals surface area contributed by atoms with Crippen molar-refractivity contribution in [3.05, 3.63) is 24.3 Å². The topological polar surface area (TPSA) is 54.3 Å². The average molecular weight is 260 g/mol. The van der Waals surface area contributed by atoms with Gasteiger partial charge in [-0.15, -0.1) is 0 Å². The Morgan fingerprint density at radius 3 is 2.84 bits per heavy atom. The van der Waals surface area contributed by atoms with Gasteiger partial charge in [-0.25, -0.2) is 0 Å². The summed E-state index contributed by atoms with van der Waals surface area (Å²) in [6, 6.07) is 10.1. The zero-order valence-corrected chi connectivity index (χ0v) is 11.7. The molecule has 0 amide bonds. The lowest BCUT2D eigenvalue weighted by Crippen LogP contribution is -2.49. The van der Waals surface area contributed by atoms with Crippen molar-refractivity contribution in [1.82, 2.24) is 0 Å². The molecule has 4 nitrogen and oxygen atoms in total. The number of methoxy groups -OCH3 is 1. The van der Waals surface area contributed by atoms with Gasteiger partial charge in [-0.3, -0.25) is 0 Å². The highest BCUT2D eigenvalue weighted by atomic mass is 16.5. The Kier molecular flexibility index (Phi) is 3.68. The van der Waals surface area contributed by atoms with Crippen molar-refractivity contribution in [1.29, 1.82) is 5.26 Å². The van der Waals surface area contributed by atoms with Gasteiger partial charge in [0.05, 0.1) is 25.4 Å². The summed E-state index contributed by atoms with van der Waals surface area (Å²) < 4.78 is 10.9. The Morgan fingerprint density at radius 1 is 1.42 bits per heavy atom. The second-order valence-electron chi connectivity index (χ2n) is 5.59. The number of ether oxygens (including phenoxy) is 2. The largest absolute Gasteiger partial charge is 0.497 e. The van der Waals surface area contributed by atoms with E-state index in [1.165, 1.54) is 0 Å². The Labute approximate surface area is 114 Å². The molecule has 19 heavy (non-hydrogen) atoms. The number of anilines is 1. The number of nitrogens with one attached hydrogen (secondary N) is 1. The lowest BCUT2D eigenvalue weighted by Gasteiger charge is -2.41. The fourth-order valence-corrected chi connectivity index (χ4v) is 2.57. The molecule has 2 rings (SSSR count). The quantitative estimate of drug-likeness (QED) is 0.907. The fourth-order valence-electron chi connectivity index (χ4n) is 2.57. The van der Waals surface area contributed by atoms with Gasteiger partial charge < -0.3 is 14.8 Å².